The van der Waals surface area contributed by atoms with Crippen LogP contribution in [0.5, 0.6) is 5.75 Å². The fourth-order valence-corrected chi connectivity index (χ4v) is 5.32. The lowest BCUT2D eigenvalue weighted by Gasteiger charge is -2.23. The van der Waals surface area contributed by atoms with Gasteiger partial charge in [-0.2, -0.15) is 10.1 Å². The Bertz CT molecular complexity index is 1390. The van der Waals surface area contributed by atoms with E-state index in [1.165, 1.54) is 17.8 Å². The van der Waals surface area contributed by atoms with E-state index in [0.717, 1.165) is 22.6 Å². The van der Waals surface area contributed by atoms with Crippen LogP contribution >= 0.6 is 11.8 Å². The van der Waals surface area contributed by atoms with Crippen molar-refractivity contribution in [1.29, 1.82) is 0 Å². The Morgan fingerprint density at radius 1 is 1.11 bits per heavy atom. The number of hydrogen-bond donors (Lipinski definition) is 1. The Kier molecular flexibility index (Phi) is 7.05. The number of hydrogen-bond acceptors (Lipinski definition) is 6. The second-order valence-corrected chi connectivity index (χ2v) is 9.99. The summed E-state index contributed by atoms with van der Waals surface area (Å²) in [6, 6.07) is 21.0. The smallest absolute Gasteiger partial charge is 0.262 e. The van der Waals surface area contributed by atoms with Crippen molar-refractivity contribution in [1.82, 2.24) is 5.01 Å². The Morgan fingerprint density at radius 2 is 1.84 bits per heavy atom. The molecule has 7 nitrogen and oxygen atoms in total. The zero-order chi connectivity index (χ0) is 25.9. The molecular weight excluding hydrogens is 491 g/mol. The molecule has 0 bridgehead atoms. The number of thioether (sulfide) groups is 1. The predicted octanol–water partition coefficient (Wildman–Crippen LogP) is 5.32. The van der Waals surface area contributed by atoms with Gasteiger partial charge >= 0.3 is 0 Å². The number of hydrazone groups is 1. The van der Waals surface area contributed by atoms with Gasteiger partial charge in [-0.25, -0.2) is 9.40 Å². The lowest BCUT2D eigenvalue weighted by atomic mass is 9.98. The van der Waals surface area contributed by atoms with E-state index in [9.17, 15) is 14.0 Å². The molecular formula is C28H25FN4O3S. The molecule has 9 heteroatoms. The topological polar surface area (TPSA) is 83.4 Å². The van der Waals surface area contributed by atoms with Crippen molar-refractivity contribution in [2.24, 2.45) is 10.1 Å². The fraction of sp³-hybridized carbons (Fsp3) is 0.214. The first-order chi connectivity index (χ1) is 17.9. The quantitative estimate of drug-likeness (QED) is 0.480. The molecule has 0 unspecified atom stereocenters. The molecule has 2 aliphatic rings. The van der Waals surface area contributed by atoms with E-state index in [2.05, 4.69) is 10.3 Å². The van der Waals surface area contributed by atoms with Crippen LogP contribution in [-0.2, 0) is 9.59 Å². The molecule has 37 heavy (non-hydrogen) atoms. The number of nitrogens with zero attached hydrogens (tertiary/aromatic N) is 3. The van der Waals surface area contributed by atoms with Gasteiger partial charge < -0.3 is 10.1 Å². The summed E-state index contributed by atoms with van der Waals surface area (Å²) in [6.45, 7) is 1.97. The van der Waals surface area contributed by atoms with Gasteiger partial charge in [0.15, 0.2) is 5.17 Å². The van der Waals surface area contributed by atoms with Crippen LogP contribution in [0.4, 0.5) is 10.1 Å². The number of carbonyl (C=O) groups excluding carboxylic acids is 2. The molecule has 2 atom stereocenters. The maximum Gasteiger partial charge on any atom is 0.262 e. The number of ether oxygens (including phenoxy) is 1. The van der Waals surface area contributed by atoms with Crippen LogP contribution in [0.1, 0.15) is 35.6 Å². The van der Waals surface area contributed by atoms with Crippen LogP contribution in [0.25, 0.3) is 0 Å². The lowest BCUT2D eigenvalue weighted by Crippen LogP contribution is -2.25. The SMILES string of the molecule is COc1ccc(C2=NN(C3=NC(=O)[C@@H](CC(=O)Nc4ccc(C)cc4)S3)[C@H](c3ccccc3F)C2)cc1. The minimum Gasteiger partial charge on any atom is -0.497 e. The Labute approximate surface area is 218 Å². The van der Waals surface area contributed by atoms with Gasteiger partial charge in [0.05, 0.1) is 18.9 Å². The molecule has 0 saturated heterocycles. The number of amides is 2. The van der Waals surface area contributed by atoms with Gasteiger partial charge in [0, 0.05) is 24.1 Å². The monoisotopic (exact) mass is 516 g/mol. The highest BCUT2D eigenvalue weighted by atomic mass is 32.2. The molecule has 2 amide bonds. The van der Waals surface area contributed by atoms with Crippen molar-refractivity contribution < 1.29 is 18.7 Å². The van der Waals surface area contributed by atoms with Crippen LogP contribution in [0.15, 0.2) is 82.9 Å². The van der Waals surface area contributed by atoms with Gasteiger partial charge in [-0.3, -0.25) is 9.59 Å². The van der Waals surface area contributed by atoms with Crippen molar-refractivity contribution in [3.05, 3.63) is 95.3 Å². The first kappa shape index (κ1) is 24.7. The number of nitrogens with one attached hydrogen (secondary N) is 1. The maximum atomic E-state index is 14.8. The normalized spacial score (nSPS) is 19.0. The molecule has 0 saturated carbocycles. The van der Waals surface area contributed by atoms with E-state index in [1.807, 2.05) is 55.5 Å². The van der Waals surface area contributed by atoms with Crippen LogP contribution in [-0.4, -0.2) is 40.1 Å². The highest BCUT2D eigenvalue weighted by Crippen LogP contribution is 2.39. The molecule has 2 heterocycles. The van der Waals surface area contributed by atoms with E-state index < -0.39 is 17.2 Å². The second-order valence-electron chi connectivity index (χ2n) is 8.82. The van der Waals surface area contributed by atoms with Crippen LogP contribution in [0.2, 0.25) is 0 Å². The van der Waals surface area contributed by atoms with Crippen LogP contribution in [0, 0.1) is 12.7 Å². The van der Waals surface area contributed by atoms with Gasteiger partial charge in [0.1, 0.15) is 16.8 Å². The number of halogens is 1. The summed E-state index contributed by atoms with van der Waals surface area (Å²) in [5.74, 6) is -0.314. The van der Waals surface area contributed by atoms with Crippen molar-refractivity contribution in [2.75, 3.05) is 12.4 Å². The van der Waals surface area contributed by atoms with Crippen molar-refractivity contribution >= 4 is 40.1 Å². The molecule has 2 aliphatic heterocycles. The molecule has 1 N–H and O–H groups in total. The summed E-state index contributed by atoms with van der Waals surface area (Å²) in [5.41, 5.74) is 3.83. The number of rotatable bonds is 6. The maximum absolute atomic E-state index is 14.8. The van der Waals surface area contributed by atoms with E-state index in [4.69, 9.17) is 9.84 Å². The van der Waals surface area contributed by atoms with E-state index in [0.29, 0.717) is 22.8 Å². The lowest BCUT2D eigenvalue weighted by molar-refractivity contribution is -0.121. The van der Waals surface area contributed by atoms with Gasteiger partial charge in [0.25, 0.3) is 5.91 Å². The summed E-state index contributed by atoms with van der Waals surface area (Å²) < 4.78 is 20.1. The average Bonchev–Trinajstić information content (AvgIpc) is 3.49. The largest absolute Gasteiger partial charge is 0.497 e. The molecule has 5 rings (SSSR count). The molecule has 0 fully saturated rings. The highest BCUT2D eigenvalue weighted by Gasteiger charge is 2.39. The molecule has 188 valence electrons. The number of benzene rings is 3. The number of amidine groups is 1. The van der Waals surface area contributed by atoms with E-state index >= 15 is 0 Å². The van der Waals surface area contributed by atoms with Crippen molar-refractivity contribution in [3.63, 3.8) is 0 Å². The molecule has 0 spiro atoms. The molecule has 0 aliphatic carbocycles. The fourth-order valence-electron chi connectivity index (χ4n) is 4.25. The number of aliphatic imine (C=N–C) groups is 1. The average molecular weight is 517 g/mol. The summed E-state index contributed by atoms with van der Waals surface area (Å²) in [4.78, 5) is 29.6. The Balaban J connectivity index is 1.36. The minimum atomic E-state index is -0.679. The summed E-state index contributed by atoms with van der Waals surface area (Å²) in [6.07, 6.45) is 0.400. The Morgan fingerprint density at radius 3 is 2.54 bits per heavy atom. The first-order valence-corrected chi connectivity index (χ1v) is 12.7. The van der Waals surface area contributed by atoms with E-state index in [-0.39, 0.29) is 18.1 Å². The summed E-state index contributed by atoms with van der Waals surface area (Å²) in [5, 5.41) is 8.87. The third-order valence-electron chi connectivity index (χ3n) is 6.23. The number of carbonyl (C=O) groups is 2. The number of anilines is 1. The van der Waals surface area contributed by atoms with Gasteiger partial charge in [-0.15, -0.1) is 0 Å². The molecule has 3 aromatic carbocycles. The number of aryl methyl sites for hydroxylation is 1. The molecule has 3 aromatic rings. The minimum absolute atomic E-state index is 0.0301. The third kappa shape index (κ3) is 5.41. The summed E-state index contributed by atoms with van der Waals surface area (Å²) in [7, 11) is 1.60. The van der Waals surface area contributed by atoms with Gasteiger partial charge in [-0.05, 0) is 55.0 Å². The highest BCUT2D eigenvalue weighted by molar-refractivity contribution is 8.15. The van der Waals surface area contributed by atoms with Gasteiger partial charge in [0.2, 0.25) is 5.91 Å². The van der Waals surface area contributed by atoms with Gasteiger partial charge in [-0.1, -0.05) is 47.7 Å². The van der Waals surface area contributed by atoms with Crippen LogP contribution < -0.4 is 10.1 Å². The van der Waals surface area contributed by atoms with Crippen LogP contribution in [0.3, 0.4) is 0 Å². The van der Waals surface area contributed by atoms with Crippen molar-refractivity contribution in [2.45, 2.75) is 31.1 Å². The Hall–Kier alpha value is -3.98. The zero-order valence-electron chi connectivity index (χ0n) is 20.3. The van der Waals surface area contributed by atoms with E-state index in [1.54, 1.807) is 30.3 Å². The predicted molar refractivity (Wildman–Crippen MR) is 143 cm³/mol. The second kappa shape index (κ2) is 10.6. The zero-order valence-corrected chi connectivity index (χ0v) is 21.2. The first-order valence-electron chi connectivity index (χ1n) is 11.8. The standard InChI is InChI=1S/C28H25FN4O3S/c1-17-7-11-19(12-8-17)30-26(34)16-25-27(35)31-28(37-25)33-24(21-5-3-4-6-22(21)29)15-23(32-33)18-9-13-20(36-2)14-10-18/h3-14,24-25H,15-16H2,1-2H3,(H,30,34)/t24-,25+/m0/s1. The summed E-state index contributed by atoms with van der Waals surface area (Å²) >= 11 is 1.18. The number of methoxy groups -OCH3 is 1. The third-order valence-corrected chi connectivity index (χ3v) is 7.37. The van der Waals surface area contributed by atoms with Crippen molar-refractivity contribution in [3.8, 4) is 5.75 Å². The molecule has 0 aromatic heterocycles. The molecule has 0 radical (unpaired) electrons.